The molecule has 0 spiro atoms. The quantitative estimate of drug-likeness (QED) is 0.433. The molecule has 1 aliphatic heterocycles. The Bertz CT molecular complexity index is 929. The van der Waals surface area contributed by atoms with Crippen molar-refractivity contribution >= 4 is 46.3 Å². The third-order valence-electron chi connectivity index (χ3n) is 4.19. The minimum Gasteiger partial charge on any atom is -0.479 e. The van der Waals surface area contributed by atoms with Crippen molar-refractivity contribution in [3.05, 3.63) is 52.0 Å². The Morgan fingerprint density at radius 1 is 1.18 bits per heavy atom. The van der Waals surface area contributed by atoms with Gasteiger partial charge in [0.15, 0.2) is 0 Å². The Morgan fingerprint density at radius 2 is 1.82 bits per heavy atom. The number of benzene rings is 2. The van der Waals surface area contributed by atoms with Crippen LogP contribution in [0.2, 0.25) is 10.0 Å². The molecule has 0 amide bonds. The molecule has 28 heavy (non-hydrogen) atoms. The van der Waals surface area contributed by atoms with Crippen molar-refractivity contribution < 1.29 is 27.4 Å². The van der Waals surface area contributed by atoms with Crippen LogP contribution < -0.4 is 4.74 Å². The molecule has 0 bridgehead atoms. The Balaban J connectivity index is 2.10. The molecule has 0 radical (unpaired) electrons. The fraction of sp³-hybridized carbons (Fsp3) is 0.263. The zero-order valence-corrected chi connectivity index (χ0v) is 16.7. The number of ether oxygens (including phenoxy) is 2. The van der Waals surface area contributed by atoms with Crippen molar-refractivity contribution in [2.75, 3.05) is 6.61 Å². The van der Waals surface area contributed by atoms with Gasteiger partial charge in [-0.25, -0.2) is 0 Å². The predicted octanol–water partition coefficient (Wildman–Crippen LogP) is 5.88. The smallest absolute Gasteiger partial charge is 0.426 e. The van der Waals surface area contributed by atoms with Gasteiger partial charge >= 0.3 is 12.1 Å². The largest absolute Gasteiger partial charge is 0.479 e. The van der Waals surface area contributed by atoms with Crippen molar-refractivity contribution in [3.63, 3.8) is 0 Å². The molecule has 1 aliphatic rings. The molecule has 3 rings (SSSR count). The van der Waals surface area contributed by atoms with E-state index in [1.165, 1.54) is 19.1 Å². The van der Waals surface area contributed by atoms with E-state index in [1.807, 2.05) is 0 Å². The number of rotatable bonds is 3. The zero-order valence-electron chi connectivity index (χ0n) is 14.3. The van der Waals surface area contributed by atoms with E-state index in [-0.39, 0.29) is 27.8 Å². The van der Waals surface area contributed by atoms with Crippen molar-refractivity contribution in [1.29, 1.82) is 0 Å². The molecule has 2 atom stereocenters. The SMILES string of the molecule is CCOC(=O)C1C(=S)c2cc(Cl)c(-c3ccc(Cl)cc3)cc2OC1C(F)(F)F. The molecule has 0 saturated heterocycles. The maximum atomic E-state index is 13.6. The third kappa shape index (κ3) is 3.97. The highest BCUT2D eigenvalue weighted by atomic mass is 35.5. The highest BCUT2D eigenvalue weighted by molar-refractivity contribution is 7.81. The molecule has 9 heteroatoms. The van der Waals surface area contributed by atoms with Gasteiger partial charge in [0, 0.05) is 26.0 Å². The van der Waals surface area contributed by atoms with Crippen LogP contribution in [0.15, 0.2) is 36.4 Å². The van der Waals surface area contributed by atoms with E-state index in [0.717, 1.165) is 0 Å². The van der Waals surface area contributed by atoms with Crippen molar-refractivity contribution in [2.24, 2.45) is 5.92 Å². The highest BCUT2D eigenvalue weighted by Crippen LogP contribution is 2.43. The summed E-state index contributed by atoms with van der Waals surface area (Å²) in [6.45, 7) is 1.42. The van der Waals surface area contributed by atoms with Gasteiger partial charge in [0.2, 0.25) is 6.10 Å². The molecule has 0 aliphatic carbocycles. The molecule has 1 heterocycles. The number of esters is 1. The molecule has 2 unspecified atom stereocenters. The zero-order chi connectivity index (χ0) is 20.6. The molecular formula is C19H13Cl2F3O3S. The van der Waals surface area contributed by atoms with Gasteiger partial charge in [0.25, 0.3) is 0 Å². The first-order chi connectivity index (χ1) is 13.1. The standard InChI is InChI=1S/C19H13Cl2F3O3S/c1-2-26-18(25)15-16(28)12-7-13(21)11(9-3-5-10(20)6-4-9)8-14(12)27-17(15)19(22,23)24/h3-8,15,17H,2H2,1H3. The number of carbonyl (C=O) groups excluding carboxylic acids is 1. The van der Waals surface area contributed by atoms with Gasteiger partial charge < -0.3 is 9.47 Å². The average Bonchev–Trinajstić information content (AvgIpc) is 2.62. The van der Waals surface area contributed by atoms with Gasteiger partial charge in [0.1, 0.15) is 11.7 Å². The van der Waals surface area contributed by atoms with E-state index in [9.17, 15) is 18.0 Å². The summed E-state index contributed by atoms with van der Waals surface area (Å²) in [7, 11) is 0. The average molecular weight is 449 g/mol. The number of carbonyl (C=O) groups is 1. The molecule has 2 aromatic rings. The molecule has 148 valence electrons. The van der Waals surface area contributed by atoms with E-state index < -0.39 is 24.2 Å². The topological polar surface area (TPSA) is 35.5 Å². The summed E-state index contributed by atoms with van der Waals surface area (Å²) in [5, 5.41) is 0.754. The van der Waals surface area contributed by atoms with Gasteiger partial charge in [-0.3, -0.25) is 4.79 Å². The maximum Gasteiger partial charge on any atom is 0.426 e. The van der Waals surface area contributed by atoms with E-state index >= 15 is 0 Å². The van der Waals surface area contributed by atoms with E-state index in [2.05, 4.69) is 0 Å². The predicted molar refractivity (Wildman–Crippen MR) is 104 cm³/mol. The first kappa shape index (κ1) is 20.9. The summed E-state index contributed by atoms with van der Waals surface area (Å²) in [5.41, 5.74) is 1.26. The molecule has 0 aromatic heterocycles. The number of fused-ring (bicyclic) bond motifs is 1. The lowest BCUT2D eigenvalue weighted by molar-refractivity contribution is -0.210. The minimum atomic E-state index is -4.82. The van der Waals surface area contributed by atoms with Crippen LogP contribution in [0.1, 0.15) is 12.5 Å². The van der Waals surface area contributed by atoms with Crippen LogP contribution in [-0.4, -0.2) is 29.7 Å². The summed E-state index contributed by atoms with van der Waals surface area (Å²) >= 11 is 17.4. The van der Waals surface area contributed by atoms with Crippen molar-refractivity contribution in [1.82, 2.24) is 0 Å². The second-order valence-electron chi connectivity index (χ2n) is 6.01. The first-order valence-electron chi connectivity index (χ1n) is 8.17. The monoisotopic (exact) mass is 448 g/mol. The van der Waals surface area contributed by atoms with Crippen LogP contribution in [0.3, 0.4) is 0 Å². The lowest BCUT2D eigenvalue weighted by Gasteiger charge is -2.34. The molecule has 0 fully saturated rings. The molecular weight excluding hydrogens is 436 g/mol. The van der Waals surface area contributed by atoms with E-state index in [1.54, 1.807) is 24.3 Å². The summed E-state index contributed by atoms with van der Waals surface area (Å²) in [6.07, 6.45) is -7.26. The second kappa shape index (κ2) is 7.89. The summed E-state index contributed by atoms with van der Waals surface area (Å²) in [5.74, 6) is -2.96. The van der Waals surface area contributed by atoms with Crippen LogP contribution in [0.5, 0.6) is 5.75 Å². The van der Waals surface area contributed by atoms with Crippen LogP contribution in [-0.2, 0) is 9.53 Å². The Hall–Kier alpha value is -1.83. The summed E-state index contributed by atoms with van der Waals surface area (Å²) in [4.78, 5) is 11.9. The second-order valence-corrected chi connectivity index (χ2v) is 7.29. The van der Waals surface area contributed by atoms with Crippen LogP contribution >= 0.6 is 35.4 Å². The van der Waals surface area contributed by atoms with E-state index in [0.29, 0.717) is 16.1 Å². The number of hydrogen-bond acceptors (Lipinski definition) is 4. The number of alkyl halides is 3. The normalized spacial score (nSPS) is 19.0. The number of halogens is 5. The highest BCUT2D eigenvalue weighted by Gasteiger charge is 2.54. The molecule has 3 nitrogen and oxygen atoms in total. The third-order valence-corrected chi connectivity index (χ3v) is 5.23. The fourth-order valence-electron chi connectivity index (χ4n) is 2.92. The molecule has 2 aromatic carbocycles. The Kier molecular flexibility index (Phi) is 5.89. The summed E-state index contributed by atoms with van der Waals surface area (Å²) in [6, 6.07) is 9.41. The first-order valence-corrected chi connectivity index (χ1v) is 9.33. The van der Waals surface area contributed by atoms with Crippen molar-refractivity contribution in [2.45, 2.75) is 19.2 Å². The Labute approximate surface area is 174 Å². The number of thiocarbonyl (C=S) groups is 1. The minimum absolute atomic E-state index is 0.0777. The van der Waals surface area contributed by atoms with Gasteiger partial charge in [-0.2, -0.15) is 13.2 Å². The van der Waals surface area contributed by atoms with Crippen LogP contribution in [0.4, 0.5) is 13.2 Å². The van der Waals surface area contributed by atoms with Gasteiger partial charge in [-0.15, -0.1) is 0 Å². The summed E-state index contributed by atoms with van der Waals surface area (Å²) < 4.78 is 50.7. The maximum absolute atomic E-state index is 13.6. The van der Waals surface area contributed by atoms with Crippen LogP contribution in [0.25, 0.3) is 11.1 Å². The lowest BCUT2D eigenvalue weighted by atomic mass is 9.88. The van der Waals surface area contributed by atoms with Crippen LogP contribution in [0, 0.1) is 5.92 Å². The van der Waals surface area contributed by atoms with Gasteiger partial charge in [-0.05, 0) is 36.8 Å². The van der Waals surface area contributed by atoms with Crippen molar-refractivity contribution in [3.8, 4) is 16.9 Å². The number of hydrogen-bond donors (Lipinski definition) is 0. The Morgan fingerprint density at radius 3 is 2.39 bits per heavy atom. The fourth-order valence-corrected chi connectivity index (χ4v) is 3.70. The lowest BCUT2D eigenvalue weighted by Crippen LogP contribution is -2.51. The molecule has 0 N–H and O–H groups in total. The van der Waals surface area contributed by atoms with Gasteiger partial charge in [0.05, 0.1) is 6.61 Å². The molecule has 0 saturated carbocycles. The van der Waals surface area contributed by atoms with E-state index in [4.69, 9.17) is 44.9 Å². The van der Waals surface area contributed by atoms with Gasteiger partial charge in [-0.1, -0.05) is 47.6 Å².